The Morgan fingerprint density at radius 2 is 2.25 bits per heavy atom. The molecule has 1 aromatic heterocycles. The Morgan fingerprint density at radius 1 is 1.35 bits per heavy atom. The Kier molecular flexibility index (Phi) is 3.56. The molecular weight excluding hydrogens is 250 g/mol. The van der Waals surface area contributed by atoms with E-state index >= 15 is 0 Å². The number of anilines is 1. The number of hydrogen-bond donors (Lipinski definition) is 2. The van der Waals surface area contributed by atoms with Crippen LogP contribution in [0.25, 0.3) is 0 Å². The van der Waals surface area contributed by atoms with Gasteiger partial charge < -0.3 is 10.8 Å². The SMILES string of the molecule is Nc1cc(CN2CCCC2c2cccnc2)ccc1O. The molecule has 20 heavy (non-hydrogen) atoms. The molecule has 0 amide bonds. The minimum Gasteiger partial charge on any atom is -0.506 e. The molecule has 1 unspecified atom stereocenters. The highest BCUT2D eigenvalue weighted by atomic mass is 16.3. The standard InChI is InChI=1S/C16H19N3O/c17-14-9-12(5-6-16(14)20)11-19-8-2-4-15(19)13-3-1-7-18-10-13/h1,3,5-7,9-10,15,20H,2,4,8,11,17H2. The van der Waals surface area contributed by atoms with Crippen molar-refractivity contribution in [2.75, 3.05) is 12.3 Å². The first-order valence-corrected chi connectivity index (χ1v) is 6.95. The van der Waals surface area contributed by atoms with E-state index in [0.717, 1.165) is 18.7 Å². The summed E-state index contributed by atoms with van der Waals surface area (Å²) in [6.07, 6.45) is 6.13. The van der Waals surface area contributed by atoms with Crippen molar-refractivity contribution in [3.05, 3.63) is 53.9 Å². The maximum atomic E-state index is 9.49. The minimum absolute atomic E-state index is 0.152. The van der Waals surface area contributed by atoms with Gasteiger partial charge in [-0.15, -0.1) is 0 Å². The normalized spacial score (nSPS) is 19.3. The van der Waals surface area contributed by atoms with Crippen LogP contribution in [0.15, 0.2) is 42.7 Å². The molecule has 4 nitrogen and oxygen atoms in total. The fourth-order valence-corrected chi connectivity index (χ4v) is 2.90. The molecule has 1 saturated heterocycles. The van der Waals surface area contributed by atoms with Crippen LogP contribution in [0.2, 0.25) is 0 Å². The predicted molar refractivity (Wildman–Crippen MR) is 79.1 cm³/mol. The van der Waals surface area contributed by atoms with Crippen LogP contribution < -0.4 is 5.73 Å². The van der Waals surface area contributed by atoms with Crippen molar-refractivity contribution in [2.24, 2.45) is 0 Å². The molecule has 104 valence electrons. The average Bonchev–Trinajstić information content (AvgIpc) is 2.92. The summed E-state index contributed by atoms with van der Waals surface area (Å²) in [5.74, 6) is 0.152. The van der Waals surface area contributed by atoms with Gasteiger partial charge >= 0.3 is 0 Å². The van der Waals surface area contributed by atoms with E-state index in [2.05, 4.69) is 16.0 Å². The van der Waals surface area contributed by atoms with Crippen LogP contribution in [-0.2, 0) is 6.54 Å². The van der Waals surface area contributed by atoms with E-state index in [9.17, 15) is 5.11 Å². The number of aromatic hydroxyl groups is 1. The van der Waals surface area contributed by atoms with Gasteiger partial charge in [-0.25, -0.2) is 0 Å². The highest BCUT2D eigenvalue weighted by molar-refractivity contribution is 5.53. The molecule has 2 aromatic rings. The van der Waals surface area contributed by atoms with E-state index in [1.807, 2.05) is 30.6 Å². The van der Waals surface area contributed by atoms with Gasteiger partial charge in [0.2, 0.25) is 0 Å². The van der Waals surface area contributed by atoms with Crippen LogP contribution in [0.4, 0.5) is 5.69 Å². The number of phenolic OH excluding ortho intramolecular Hbond substituents is 1. The molecule has 3 N–H and O–H groups in total. The van der Waals surface area contributed by atoms with Crippen LogP contribution in [-0.4, -0.2) is 21.5 Å². The largest absolute Gasteiger partial charge is 0.506 e. The lowest BCUT2D eigenvalue weighted by Crippen LogP contribution is -2.22. The third kappa shape index (κ3) is 2.60. The number of nitrogens with two attached hydrogens (primary N) is 1. The third-order valence-corrected chi connectivity index (χ3v) is 3.91. The van der Waals surface area contributed by atoms with Crippen molar-refractivity contribution in [2.45, 2.75) is 25.4 Å². The van der Waals surface area contributed by atoms with Gasteiger partial charge in [0.25, 0.3) is 0 Å². The Morgan fingerprint density at radius 3 is 3.00 bits per heavy atom. The van der Waals surface area contributed by atoms with E-state index in [-0.39, 0.29) is 5.75 Å². The van der Waals surface area contributed by atoms with E-state index in [1.165, 1.54) is 18.4 Å². The maximum Gasteiger partial charge on any atom is 0.138 e. The number of likely N-dealkylation sites (tertiary alicyclic amines) is 1. The van der Waals surface area contributed by atoms with Crippen LogP contribution in [0.5, 0.6) is 5.75 Å². The number of benzene rings is 1. The summed E-state index contributed by atoms with van der Waals surface area (Å²) in [7, 11) is 0. The van der Waals surface area contributed by atoms with Gasteiger partial charge in [0.05, 0.1) is 5.69 Å². The number of nitrogens with zero attached hydrogens (tertiary/aromatic N) is 2. The molecule has 1 aliphatic rings. The second-order valence-electron chi connectivity index (χ2n) is 5.31. The zero-order valence-corrected chi connectivity index (χ0v) is 11.4. The molecule has 0 radical (unpaired) electrons. The van der Waals surface area contributed by atoms with Gasteiger partial charge in [-0.05, 0) is 48.7 Å². The lowest BCUT2D eigenvalue weighted by atomic mass is 10.1. The highest BCUT2D eigenvalue weighted by Gasteiger charge is 2.26. The number of aromatic nitrogens is 1. The molecule has 2 heterocycles. The molecule has 1 atom stereocenters. The van der Waals surface area contributed by atoms with Gasteiger partial charge in [-0.1, -0.05) is 12.1 Å². The van der Waals surface area contributed by atoms with E-state index in [4.69, 9.17) is 5.73 Å². The molecule has 1 aromatic carbocycles. The zero-order chi connectivity index (χ0) is 13.9. The van der Waals surface area contributed by atoms with Crippen LogP contribution in [0.1, 0.15) is 30.0 Å². The van der Waals surface area contributed by atoms with Crippen molar-refractivity contribution in [3.8, 4) is 5.75 Å². The molecule has 1 aliphatic heterocycles. The van der Waals surface area contributed by atoms with Gasteiger partial charge in [0.15, 0.2) is 0 Å². The first-order chi connectivity index (χ1) is 9.74. The minimum atomic E-state index is 0.152. The molecule has 3 rings (SSSR count). The smallest absolute Gasteiger partial charge is 0.138 e. The maximum absolute atomic E-state index is 9.49. The van der Waals surface area contributed by atoms with Crippen molar-refractivity contribution in [3.63, 3.8) is 0 Å². The summed E-state index contributed by atoms with van der Waals surface area (Å²) in [6.45, 7) is 1.93. The second-order valence-corrected chi connectivity index (χ2v) is 5.31. The number of rotatable bonds is 3. The van der Waals surface area contributed by atoms with E-state index < -0.39 is 0 Å². The lowest BCUT2D eigenvalue weighted by Gasteiger charge is -2.24. The summed E-state index contributed by atoms with van der Waals surface area (Å²) in [6, 6.07) is 10.0. The Balaban J connectivity index is 1.77. The monoisotopic (exact) mass is 269 g/mol. The number of nitrogen functional groups attached to an aromatic ring is 1. The Hall–Kier alpha value is -2.07. The fraction of sp³-hybridized carbons (Fsp3) is 0.312. The lowest BCUT2D eigenvalue weighted by molar-refractivity contribution is 0.248. The Bertz CT molecular complexity index is 586. The average molecular weight is 269 g/mol. The summed E-state index contributed by atoms with van der Waals surface area (Å²) in [5.41, 5.74) is 8.62. The van der Waals surface area contributed by atoms with E-state index in [0.29, 0.717) is 11.7 Å². The Labute approximate surface area is 118 Å². The van der Waals surface area contributed by atoms with Gasteiger partial charge in [0.1, 0.15) is 5.75 Å². The molecule has 4 heteroatoms. The molecule has 0 aliphatic carbocycles. The predicted octanol–water partition coefficient (Wildman–Crippen LogP) is 2.71. The van der Waals surface area contributed by atoms with Crippen molar-refractivity contribution in [1.29, 1.82) is 0 Å². The summed E-state index contributed by atoms with van der Waals surface area (Å²) in [4.78, 5) is 6.66. The zero-order valence-electron chi connectivity index (χ0n) is 11.4. The first kappa shape index (κ1) is 12.9. The van der Waals surface area contributed by atoms with Gasteiger partial charge in [-0.3, -0.25) is 9.88 Å². The molecular formula is C16H19N3O. The molecule has 1 fully saturated rings. The topological polar surface area (TPSA) is 62.4 Å². The summed E-state index contributed by atoms with van der Waals surface area (Å²) in [5, 5.41) is 9.49. The quantitative estimate of drug-likeness (QED) is 0.664. The van der Waals surface area contributed by atoms with Gasteiger partial charge in [0, 0.05) is 25.0 Å². The van der Waals surface area contributed by atoms with Crippen molar-refractivity contribution >= 4 is 5.69 Å². The van der Waals surface area contributed by atoms with Crippen LogP contribution in [0, 0.1) is 0 Å². The fourth-order valence-electron chi connectivity index (χ4n) is 2.90. The molecule has 0 saturated carbocycles. The highest BCUT2D eigenvalue weighted by Crippen LogP contribution is 2.33. The number of pyridine rings is 1. The third-order valence-electron chi connectivity index (χ3n) is 3.91. The number of phenols is 1. The summed E-state index contributed by atoms with van der Waals surface area (Å²) < 4.78 is 0. The van der Waals surface area contributed by atoms with E-state index in [1.54, 1.807) is 6.07 Å². The molecule has 0 spiro atoms. The van der Waals surface area contributed by atoms with Crippen molar-refractivity contribution < 1.29 is 5.11 Å². The second kappa shape index (κ2) is 5.51. The van der Waals surface area contributed by atoms with Crippen LogP contribution in [0.3, 0.4) is 0 Å². The van der Waals surface area contributed by atoms with Crippen LogP contribution >= 0.6 is 0 Å². The molecule has 0 bridgehead atoms. The van der Waals surface area contributed by atoms with Crippen molar-refractivity contribution in [1.82, 2.24) is 9.88 Å². The summed E-state index contributed by atoms with van der Waals surface area (Å²) >= 11 is 0. The van der Waals surface area contributed by atoms with Gasteiger partial charge in [-0.2, -0.15) is 0 Å². The first-order valence-electron chi connectivity index (χ1n) is 6.95. The number of hydrogen-bond acceptors (Lipinski definition) is 4.